The van der Waals surface area contributed by atoms with Crippen molar-refractivity contribution < 1.29 is 9.90 Å². The van der Waals surface area contributed by atoms with Crippen LogP contribution in [0.2, 0.25) is 0 Å². The van der Waals surface area contributed by atoms with Crippen LogP contribution in [-0.4, -0.2) is 52.0 Å². The number of nitrogens with one attached hydrogen (secondary N) is 2. The minimum Gasteiger partial charge on any atom is -0.507 e. The van der Waals surface area contributed by atoms with Gasteiger partial charge in [0.1, 0.15) is 5.75 Å². The Morgan fingerprint density at radius 3 is 1.70 bits per heavy atom. The van der Waals surface area contributed by atoms with Crippen LogP contribution < -0.4 is 10.6 Å². The van der Waals surface area contributed by atoms with E-state index in [0.29, 0.717) is 30.9 Å². The van der Waals surface area contributed by atoms with Gasteiger partial charge in [-0.15, -0.1) is 0 Å². The first-order valence-corrected chi connectivity index (χ1v) is 14.8. The molecule has 0 radical (unpaired) electrons. The van der Waals surface area contributed by atoms with Crippen LogP contribution in [0, 0.1) is 0 Å². The minimum absolute atomic E-state index is 0.121. The number of pyridine rings is 1. The normalized spacial score (nSPS) is 11.2. The highest BCUT2D eigenvalue weighted by molar-refractivity contribution is 5.94. The largest absolute Gasteiger partial charge is 0.507 e. The van der Waals surface area contributed by atoms with E-state index >= 15 is 0 Å². The number of carbonyl (C=O) groups excluding carboxylic acids is 1. The predicted molar refractivity (Wildman–Crippen MR) is 165 cm³/mol. The zero-order chi connectivity index (χ0) is 28.7. The van der Waals surface area contributed by atoms with Gasteiger partial charge < -0.3 is 15.7 Å². The molecule has 216 valence electrons. The number of hydrogen-bond acceptors (Lipinski definition) is 6. The summed E-state index contributed by atoms with van der Waals surface area (Å²) in [6, 6.07) is 15.4. The number of nitrogens with zero attached hydrogens (tertiary/aromatic N) is 3. The first-order valence-electron chi connectivity index (χ1n) is 14.8. The monoisotopic (exact) mass is 545 g/mol. The van der Waals surface area contributed by atoms with E-state index in [-0.39, 0.29) is 5.91 Å². The third-order valence-electron chi connectivity index (χ3n) is 6.84. The van der Waals surface area contributed by atoms with Crippen LogP contribution >= 0.6 is 0 Å². The molecule has 1 amide bonds. The molecule has 0 atom stereocenters. The fourth-order valence-corrected chi connectivity index (χ4v) is 5.05. The zero-order valence-electron chi connectivity index (χ0n) is 24.7. The third kappa shape index (κ3) is 9.65. The van der Waals surface area contributed by atoms with Crippen LogP contribution in [0.3, 0.4) is 0 Å². The quantitative estimate of drug-likeness (QED) is 0.175. The molecule has 3 aromatic rings. The summed E-state index contributed by atoms with van der Waals surface area (Å²) in [5.74, 6) is 0.269. The van der Waals surface area contributed by atoms with Crippen molar-refractivity contribution in [3.8, 4) is 5.75 Å². The van der Waals surface area contributed by atoms with E-state index < -0.39 is 0 Å². The van der Waals surface area contributed by atoms with Gasteiger partial charge in [0.15, 0.2) is 0 Å². The Hall–Kier alpha value is -3.42. The van der Waals surface area contributed by atoms with Crippen molar-refractivity contribution in [2.75, 3.05) is 31.5 Å². The average Bonchev–Trinajstić information content (AvgIpc) is 2.95. The number of aromatic nitrogens is 1. The molecule has 0 fully saturated rings. The van der Waals surface area contributed by atoms with Crippen molar-refractivity contribution in [2.24, 2.45) is 0 Å². The summed E-state index contributed by atoms with van der Waals surface area (Å²) in [7, 11) is 0. The summed E-state index contributed by atoms with van der Waals surface area (Å²) in [5, 5.41) is 17.7. The van der Waals surface area contributed by atoms with Crippen LogP contribution in [0.25, 0.3) is 0 Å². The maximum absolute atomic E-state index is 13.0. The zero-order valence-corrected chi connectivity index (χ0v) is 24.7. The number of amides is 1. The molecule has 2 aromatic carbocycles. The second kappa shape index (κ2) is 16.6. The molecule has 0 aliphatic carbocycles. The Balaban J connectivity index is 1.76. The van der Waals surface area contributed by atoms with E-state index in [1.54, 1.807) is 12.4 Å². The number of hydrogen-bond donors (Lipinski definition) is 3. The van der Waals surface area contributed by atoms with Crippen molar-refractivity contribution in [1.29, 1.82) is 0 Å². The number of phenols is 1. The molecule has 0 aliphatic heterocycles. The van der Waals surface area contributed by atoms with E-state index in [4.69, 9.17) is 0 Å². The summed E-state index contributed by atoms with van der Waals surface area (Å²) >= 11 is 0. The maximum atomic E-state index is 13.0. The Morgan fingerprint density at radius 2 is 1.23 bits per heavy atom. The lowest BCUT2D eigenvalue weighted by atomic mass is 10.0. The van der Waals surface area contributed by atoms with Gasteiger partial charge in [0.25, 0.3) is 5.91 Å². The van der Waals surface area contributed by atoms with Crippen molar-refractivity contribution in [3.05, 3.63) is 83.2 Å². The van der Waals surface area contributed by atoms with Gasteiger partial charge in [0.05, 0.1) is 0 Å². The van der Waals surface area contributed by atoms with E-state index in [0.717, 1.165) is 79.9 Å². The van der Waals surface area contributed by atoms with E-state index in [9.17, 15) is 9.90 Å². The molecule has 0 bridgehead atoms. The molecule has 1 heterocycles. The standard InChI is InChI=1S/C33H47N5O2/c1-5-17-37(18-6-2)24-28-21-26(22-29(32(28)39)25-38(19-7-3)20-8-4)23-35-33(40)27-9-11-30(12-10-27)36-31-13-15-34-16-14-31/h9-16,21-22,39H,5-8,17-20,23-25H2,1-4H3,(H,34,36)(H,35,40). The fraction of sp³-hybridized carbons (Fsp3) is 0.455. The van der Waals surface area contributed by atoms with E-state index in [1.165, 1.54) is 0 Å². The first kappa shape index (κ1) is 31.1. The maximum Gasteiger partial charge on any atom is 0.251 e. The second-order valence-electron chi connectivity index (χ2n) is 10.4. The Kier molecular flexibility index (Phi) is 12.9. The molecular weight excluding hydrogens is 498 g/mol. The Morgan fingerprint density at radius 1 is 0.750 bits per heavy atom. The topological polar surface area (TPSA) is 80.7 Å². The second-order valence-corrected chi connectivity index (χ2v) is 10.4. The molecule has 0 aliphatic rings. The summed E-state index contributed by atoms with van der Waals surface area (Å²) < 4.78 is 0. The minimum atomic E-state index is -0.121. The highest BCUT2D eigenvalue weighted by atomic mass is 16.3. The Labute approximate surface area is 240 Å². The van der Waals surface area contributed by atoms with Crippen LogP contribution in [-0.2, 0) is 19.6 Å². The van der Waals surface area contributed by atoms with Crippen molar-refractivity contribution in [2.45, 2.75) is 73.0 Å². The number of anilines is 2. The van der Waals surface area contributed by atoms with E-state index in [1.807, 2.05) is 36.4 Å². The van der Waals surface area contributed by atoms with Gasteiger partial charge in [-0.25, -0.2) is 0 Å². The molecule has 40 heavy (non-hydrogen) atoms. The molecule has 0 spiro atoms. The van der Waals surface area contributed by atoms with Crippen molar-refractivity contribution >= 4 is 17.3 Å². The number of aromatic hydroxyl groups is 1. The highest BCUT2D eigenvalue weighted by Gasteiger charge is 2.16. The lowest BCUT2D eigenvalue weighted by Crippen LogP contribution is -2.27. The fourth-order valence-electron chi connectivity index (χ4n) is 5.05. The number of carbonyl (C=O) groups is 1. The van der Waals surface area contributed by atoms with Gasteiger partial charge in [-0.2, -0.15) is 0 Å². The third-order valence-corrected chi connectivity index (χ3v) is 6.84. The Bertz CT molecular complexity index is 1120. The molecule has 7 nitrogen and oxygen atoms in total. The molecule has 3 rings (SSSR count). The number of phenolic OH excluding ortho intramolecular Hbond substituents is 1. The number of rotatable bonds is 17. The number of benzene rings is 2. The van der Waals surface area contributed by atoms with Crippen molar-refractivity contribution in [3.63, 3.8) is 0 Å². The summed E-state index contributed by atoms with van der Waals surface area (Å²) in [6.45, 7) is 14.5. The summed E-state index contributed by atoms with van der Waals surface area (Å²) in [5.41, 5.74) is 5.33. The molecule has 0 saturated carbocycles. The SMILES string of the molecule is CCCN(CCC)Cc1cc(CNC(=O)c2ccc(Nc3ccncc3)cc2)cc(CN(CCC)CCC)c1O. The molecule has 1 aromatic heterocycles. The molecule has 0 unspecified atom stereocenters. The van der Waals surface area contributed by atoms with Gasteiger partial charge in [-0.1, -0.05) is 27.7 Å². The highest BCUT2D eigenvalue weighted by Crippen LogP contribution is 2.28. The van der Waals surface area contributed by atoms with E-state index in [2.05, 4.69) is 65.2 Å². The van der Waals surface area contributed by atoms with Gasteiger partial charge in [-0.05, 0) is 106 Å². The van der Waals surface area contributed by atoms with Gasteiger partial charge in [-0.3, -0.25) is 19.6 Å². The predicted octanol–water partition coefficient (Wildman–Crippen LogP) is 6.70. The van der Waals surface area contributed by atoms with Gasteiger partial charge in [0, 0.05) is 60.1 Å². The van der Waals surface area contributed by atoms with Gasteiger partial charge in [0.2, 0.25) is 0 Å². The molecule has 0 saturated heterocycles. The van der Waals surface area contributed by atoms with Crippen LogP contribution in [0.5, 0.6) is 5.75 Å². The summed E-state index contributed by atoms with van der Waals surface area (Å²) in [6.07, 6.45) is 7.76. The summed E-state index contributed by atoms with van der Waals surface area (Å²) in [4.78, 5) is 21.9. The van der Waals surface area contributed by atoms with Crippen LogP contribution in [0.15, 0.2) is 60.9 Å². The molecule has 3 N–H and O–H groups in total. The lowest BCUT2D eigenvalue weighted by molar-refractivity contribution is 0.0951. The first-order chi connectivity index (χ1) is 19.5. The molecule has 7 heteroatoms. The van der Waals surface area contributed by atoms with Crippen molar-refractivity contribution in [1.82, 2.24) is 20.1 Å². The van der Waals surface area contributed by atoms with Crippen LogP contribution in [0.4, 0.5) is 11.4 Å². The van der Waals surface area contributed by atoms with Gasteiger partial charge >= 0.3 is 0 Å². The smallest absolute Gasteiger partial charge is 0.251 e. The molecular formula is C33H47N5O2. The lowest BCUT2D eigenvalue weighted by Gasteiger charge is -2.25. The average molecular weight is 546 g/mol. The van der Waals surface area contributed by atoms with Crippen LogP contribution in [0.1, 0.15) is 80.4 Å².